The lowest BCUT2D eigenvalue weighted by Crippen LogP contribution is -2.61. The Morgan fingerprint density at radius 2 is 2.09 bits per heavy atom. The van der Waals surface area contributed by atoms with Crippen LogP contribution in [0.3, 0.4) is 0 Å². The molecular formula is C14H16BrF2N3O2S. The van der Waals surface area contributed by atoms with E-state index in [1.807, 2.05) is 0 Å². The van der Waals surface area contributed by atoms with Crippen molar-refractivity contribution in [2.45, 2.75) is 30.1 Å². The molecule has 9 heteroatoms. The summed E-state index contributed by atoms with van der Waals surface area (Å²) in [4.78, 5) is 8.24. The molecule has 0 amide bonds. The topological polar surface area (TPSA) is 85.4 Å². The third-order valence-corrected chi connectivity index (χ3v) is 7.73. The molecule has 126 valence electrons. The molecule has 0 radical (unpaired) electrons. The second-order valence-corrected chi connectivity index (χ2v) is 9.35. The molecule has 2 heterocycles. The minimum atomic E-state index is -3.96. The number of halogens is 3. The van der Waals surface area contributed by atoms with Crippen LogP contribution in [-0.4, -0.2) is 36.4 Å². The number of nitrogens with two attached hydrogens (primary N) is 1. The third kappa shape index (κ3) is 2.39. The maximum absolute atomic E-state index is 14.2. The van der Waals surface area contributed by atoms with Gasteiger partial charge in [-0.1, -0.05) is 0 Å². The number of aliphatic imine (C=N–C) groups is 1. The maximum Gasteiger partial charge on any atom is 0.168 e. The van der Waals surface area contributed by atoms with Crippen LogP contribution in [0.5, 0.6) is 0 Å². The van der Waals surface area contributed by atoms with Gasteiger partial charge in [0.15, 0.2) is 14.6 Å². The van der Waals surface area contributed by atoms with Crippen molar-refractivity contribution < 1.29 is 17.2 Å². The number of amidine groups is 1. The minimum absolute atomic E-state index is 0.123. The molecule has 1 fully saturated rings. The molecule has 3 rings (SSSR count). The molecule has 0 saturated heterocycles. The van der Waals surface area contributed by atoms with Gasteiger partial charge in [-0.2, -0.15) is 0 Å². The van der Waals surface area contributed by atoms with Gasteiger partial charge >= 0.3 is 0 Å². The average Bonchev–Trinajstić information content (AvgIpc) is 3.25. The highest BCUT2D eigenvalue weighted by Crippen LogP contribution is 2.49. The molecule has 0 bridgehead atoms. The molecule has 0 spiro atoms. The molecule has 2 aliphatic rings. The summed E-state index contributed by atoms with van der Waals surface area (Å²) in [5, 5.41) is 0. The minimum Gasteiger partial charge on any atom is -0.386 e. The van der Waals surface area contributed by atoms with Gasteiger partial charge in [0.25, 0.3) is 0 Å². The number of hydrogen-bond donors (Lipinski definition) is 1. The first-order valence-corrected chi connectivity index (χ1v) is 9.57. The number of pyridine rings is 1. The predicted octanol–water partition coefficient (Wildman–Crippen LogP) is 2.10. The zero-order valence-electron chi connectivity index (χ0n) is 12.4. The maximum atomic E-state index is 14.2. The van der Waals surface area contributed by atoms with Gasteiger partial charge in [0, 0.05) is 0 Å². The standard InChI is InChI=1S/C14H16BrF2N3O2S/c1-13(11-9(17)4-5-10(15)19-11)7-23(21,22)14(6-16,8-2-3-8)12(18)20-13/h4-5,8H,2-3,6-7H2,1H3,(H2,18,20)/t13-,14?/m0/s1. The summed E-state index contributed by atoms with van der Waals surface area (Å²) >= 11 is 3.13. The van der Waals surface area contributed by atoms with Gasteiger partial charge in [-0.05, 0) is 53.7 Å². The summed E-state index contributed by atoms with van der Waals surface area (Å²) < 4.78 is 52.2. The van der Waals surface area contributed by atoms with Crippen LogP contribution in [0.4, 0.5) is 8.78 Å². The second kappa shape index (κ2) is 5.20. The lowest BCUT2D eigenvalue weighted by atomic mass is 9.96. The van der Waals surface area contributed by atoms with E-state index in [1.165, 1.54) is 19.1 Å². The highest BCUT2D eigenvalue weighted by Gasteiger charge is 2.62. The Hall–Kier alpha value is -1.09. The molecule has 0 aromatic carbocycles. The third-order valence-electron chi connectivity index (χ3n) is 4.58. The zero-order chi connectivity index (χ0) is 17.0. The van der Waals surface area contributed by atoms with Gasteiger partial charge in [-0.25, -0.2) is 22.2 Å². The Morgan fingerprint density at radius 3 is 2.61 bits per heavy atom. The van der Waals surface area contributed by atoms with Gasteiger partial charge in [-0.3, -0.25) is 4.99 Å². The molecule has 2 atom stereocenters. The number of nitrogens with zero attached hydrogens (tertiary/aromatic N) is 2. The molecule has 2 N–H and O–H groups in total. The number of rotatable bonds is 3. The van der Waals surface area contributed by atoms with Crippen molar-refractivity contribution in [3.8, 4) is 0 Å². The fourth-order valence-corrected chi connectivity index (χ4v) is 6.02. The smallest absolute Gasteiger partial charge is 0.168 e. The molecule has 1 aliphatic carbocycles. The highest BCUT2D eigenvalue weighted by molar-refractivity contribution is 9.10. The van der Waals surface area contributed by atoms with E-state index in [-0.39, 0.29) is 17.4 Å². The Kier molecular flexibility index (Phi) is 3.79. The fraction of sp³-hybridized carbons (Fsp3) is 0.571. The summed E-state index contributed by atoms with van der Waals surface area (Å²) in [7, 11) is -3.96. The summed E-state index contributed by atoms with van der Waals surface area (Å²) in [6, 6.07) is 2.58. The SMILES string of the molecule is C[C@@]1(c2nc(Br)ccc2F)CS(=O)(=O)C(CF)(C2CC2)C(N)=N1. The second-order valence-electron chi connectivity index (χ2n) is 6.29. The van der Waals surface area contributed by atoms with Crippen LogP contribution in [-0.2, 0) is 15.4 Å². The fourth-order valence-electron chi connectivity index (χ4n) is 3.24. The molecule has 23 heavy (non-hydrogen) atoms. The number of alkyl halides is 1. The number of hydrogen-bond acceptors (Lipinski definition) is 5. The molecule has 1 aliphatic heterocycles. The van der Waals surface area contributed by atoms with E-state index in [9.17, 15) is 17.2 Å². The van der Waals surface area contributed by atoms with Gasteiger partial charge in [-0.15, -0.1) is 0 Å². The van der Waals surface area contributed by atoms with E-state index in [0.29, 0.717) is 17.4 Å². The van der Waals surface area contributed by atoms with Gasteiger partial charge in [0.1, 0.15) is 34.2 Å². The monoisotopic (exact) mass is 407 g/mol. The van der Waals surface area contributed by atoms with Crippen LogP contribution in [0, 0.1) is 11.7 Å². The first kappa shape index (κ1) is 16.8. The van der Waals surface area contributed by atoms with Crippen LogP contribution in [0.2, 0.25) is 0 Å². The number of sulfone groups is 1. The quantitative estimate of drug-likeness (QED) is 0.777. The van der Waals surface area contributed by atoms with E-state index >= 15 is 0 Å². The van der Waals surface area contributed by atoms with Crippen molar-refractivity contribution in [2.24, 2.45) is 16.6 Å². The zero-order valence-corrected chi connectivity index (χ0v) is 14.8. The lowest BCUT2D eigenvalue weighted by Gasteiger charge is -2.40. The van der Waals surface area contributed by atoms with Crippen LogP contribution in [0.1, 0.15) is 25.5 Å². The van der Waals surface area contributed by atoms with Gasteiger partial charge in [0.05, 0.1) is 5.75 Å². The van der Waals surface area contributed by atoms with Gasteiger partial charge < -0.3 is 5.73 Å². The molecule has 5 nitrogen and oxygen atoms in total. The lowest BCUT2D eigenvalue weighted by molar-refractivity contribution is 0.382. The van der Waals surface area contributed by atoms with Crippen LogP contribution in [0.25, 0.3) is 0 Å². The Bertz CT molecular complexity index is 797. The van der Waals surface area contributed by atoms with E-state index in [4.69, 9.17) is 5.73 Å². The van der Waals surface area contributed by atoms with E-state index < -0.39 is 38.4 Å². The Labute approximate surface area is 141 Å². The van der Waals surface area contributed by atoms with Crippen molar-refractivity contribution in [3.05, 3.63) is 28.2 Å². The van der Waals surface area contributed by atoms with E-state index in [0.717, 1.165) is 0 Å². The van der Waals surface area contributed by atoms with Crippen LogP contribution in [0.15, 0.2) is 21.7 Å². The van der Waals surface area contributed by atoms with Crippen molar-refractivity contribution in [3.63, 3.8) is 0 Å². The van der Waals surface area contributed by atoms with Crippen molar-refractivity contribution in [1.29, 1.82) is 0 Å². The Morgan fingerprint density at radius 1 is 1.43 bits per heavy atom. The van der Waals surface area contributed by atoms with Gasteiger partial charge in [0.2, 0.25) is 0 Å². The summed E-state index contributed by atoms with van der Waals surface area (Å²) in [6.45, 7) is 0.337. The van der Waals surface area contributed by atoms with Crippen LogP contribution >= 0.6 is 15.9 Å². The highest BCUT2D eigenvalue weighted by atomic mass is 79.9. The average molecular weight is 408 g/mol. The predicted molar refractivity (Wildman–Crippen MR) is 86.1 cm³/mol. The molecular weight excluding hydrogens is 392 g/mol. The molecule has 1 unspecified atom stereocenters. The summed E-state index contributed by atoms with van der Waals surface area (Å²) in [5.41, 5.74) is 4.31. The Balaban J connectivity index is 2.19. The normalized spacial score (nSPS) is 33.3. The first-order valence-electron chi connectivity index (χ1n) is 7.13. The summed E-state index contributed by atoms with van der Waals surface area (Å²) in [5.74, 6) is -1.84. The van der Waals surface area contributed by atoms with E-state index in [1.54, 1.807) is 0 Å². The van der Waals surface area contributed by atoms with E-state index in [2.05, 4.69) is 25.9 Å². The number of aromatic nitrogens is 1. The molecule has 1 aromatic rings. The van der Waals surface area contributed by atoms with Crippen molar-refractivity contribution in [2.75, 3.05) is 12.4 Å². The molecule has 1 aromatic heterocycles. The van der Waals surface area contributed by atoms with Crippen molar-refractivity contribution in [1.82, 2.24) is 4.98 Å². The largest absolute Gasteiger partial charge is 0.386 e. The van der Waals surface area contributed by atoms with Crippen LogP contribution < -0.4 is 5.73 Å². The van der Waals surface area contributed by atoms with Crippen molar-refractivity contribution >= 4 is 31.6 Å². The first-order chi connectivity index (χ1) is 10.7. The molecule has 1 saturated carbocycles. The summed E-state index contributed by atoms with van der Waals surface area (Å²) in [6.07, 6.45) is 1.19.